The zero-order valence-corrected chi connectivity index (χ0v) is 19.2. The van der Waals surface area contributed by atoms with Crippen LogP contribution in [0.1, 0.15) is 37.4 Å². The molecular formula is C24H21N5O3S. The number of rotatable bonds is 3. The molecule has 33 heavy (non-hydrogen) atoms. The third kappa shape index (κ3) is 3.54. The fraction of sp³-hybridized carbons (Fsp3) is 0.208. The minimum Gasteiger partial charge on any atom is -0.447 e. The van der Waals surface area contributed by atoms with E-state index in [0.717, 1.165) is 16.7 Å². The number of benzene rings is 2. The zero-order valence-electron chi connectivity index (χ0n) is 18.3. The van der Waals surface area contributed by atoms with Crippen molar-refractivity contribution in [3.05, 3.63) is 60.3 Å². The summed E-state index contributed by atoms with van der Waals surface area (Å²) in [6.45, 7) is 5.00. The molecule has 0 unspecified atom stereocenters. The van der Waals surface area contributed by atoms with Gasteiger partial charge in [-0.15, -0.1) is 10.2 Å². The number of anilines is 1. The fourth-order valence-corrected chi connectivity index (χ4v) is 4.61. The van der Waals surface area contributed by atoms with Gasteiger partial charge in [0.05, 0.1) is 11.2 Å². The molecule has 0 N–H and O–H groups in total. The van der Waals surface area contributed by atoms with Crippen LogP contribution in [0.2, 0.25) is 0 Å². The normalized spacial score (nSPS) is 14.9. The third-order valence-electron chi connectivity index (χ3n) is 5.47. The van der Waals surface area contributed by atoms with Crippen LogP contribution in [0, 0.1) is 0 Å². The van der Waals surface area contributed by atoms with Crippen LogP contribution >= 0.6 is 11.8 Å². The molecule has 5 rings (SSSR count). The number of carbonyl (C=O) groups is 2. The standard InChI is InChI=1S/C24H21N5O3S/c1-4-33-24-25-22-21(26-27-24)17-10-6-8-12-20(17)29(15(3)31)23(32-22)18-13-28(14(2)30)19-11-7-5-9-16(18)19/h5-13,23H,4H2,1-3H3/t23-/m1/s1. The van der Waals surface area contributed by atoms with Crippen molar-refractivity contribution in [2.24, 2.45) is 0 Å². The van der Waals surface area contributed by atoms with Gasteiger partial charge in [0.15, 0.2) is 5.69 Å². The van der Waals surface area contributed by atoms with Gasteiger partial charge in [0.2, 0.25) is 29.1 Å². The van der Waals surface area contributed by atoms with Crippen LogP contribution in [-0.2, 0) is 4.79 Å². The molecule has 8 nitrogen and oxygen atoms in total. The molecule has 3 heterocycles. The van der Waals surface area contributed by atoms with Crippen LogP contribution < -0.4 is 9.64 Å². The number of thioether (sulfide) groups is 1. The maximum absolute atomic E-state index is 13.0. The first kappa shape index (κ1) is 21.1. The lowest BCUT2D eigenvalue weighted by molar-refractivity contribution is -0.118. The molecule has 0 bridgehead atoms. The maximum Gasteiger partial charge on any atom is 0.247 e. The average Bonchev–Trinajstić information content (AvgIpc) is 3.12. The Morgan fingerprint density at radius 1 is 1.03 bits per heavy atom. The lowest BCUT2D eigenvalue weighted by Gasteiger charge is -2.29. The third-order valence-corrected chi connectivity index (χ3v) is 6.19. The summed E-state index contributed by atoms with van der Waals surface area (Å²) >= 11 is 1.46. The summed E-state index contributed by atoms with van der Waals surface area (Å²) in [4.78, 5) is 31.6. The second kappa shape index (κ2) is 8.32. The molecule has 0 saturated heterocycles. The van der Waals surface area contributed by atoms with Crippen LogP contribution in [0.25, 0.3) is 22.2 Å². The number of para-hydroxylation sites is 2. The van der Waals surface area contributed by atoms with E-state index in [2.05, 4.69) is 15.2 Å². The number of aromatic nitrogens is 4. The van der Waals surface area contributed by atoms with Gasteiger partial charge in [-0.1, -0.05) is 55.1 Å². The Morgan fingerprint density at radius 3 is 2.55 bits per heavy atom. The SMILES string of the molecule is CCSc1nnc2c(n1)O[C@H](c1cn(C(C)=O)c3ccccc13)N(C(C)=O)c1ccccc1-2. The molecule has 4 aromatic rings. The molecule has 0 spiro atoms. The van der Waals surface area contributed by atoms with Crippen molar-refractivity contribution in [2.45, 2.75) is 32.2 Å². The summed E-state index contributed by atoms with van der Waals surface area (Å²) in [5.41, 5.74) is 3.24. The Kier molecular flexibility index (Phi) is 5.33. The first-order chi connectivity index (χ1) is 16.0. The minimum absolute atomic E-state index is 0.133. The van der Waals surface area contributed by atoms with E-state index < -0.39 is 6.23 Å². The summed E-state index contributed by atoms with van der Waals surface area (Å²) in [5, 5.41) is 9.95. The second-order valence-electron chi connectivity index (χ2n) is 7.55. The number of carbonyl (C=O) groups excluding carboxylic acids is 2. The molecule has 2 aromatic heterocycles. The lowest BCUT2D eigenvalue weighted by atomic mass is 10.1. The first-order valence-corrected chi connectivity index (χ1v) is 11.5. The van der Waals surface area contributed by atoms with Gasteiger partial charge in [-0.3, -0.25) is 19.1 Å². The van der Waals surface area contributed by atoms with Crippen LogP contribution in [0.4, 0.5) is 5.69 Å². The van der Waals surface area contributed by atoms with E-state index in [0.29, 0.717) is 33.5 Å². The highest BCUT2D eigenvalue weighted by Gasteiger charge is 2.36. The molecule has 0 radical (unpaired) electrons. The Labute approximate surface area is 194 Å². The summed E-state index contributed by atoms with van der Waals surface area (Å²) in [6, 6.07) is 15.0. The predicted octanol–water partition coefficient (Wildman–Crippen LogP) is 4.71. The largest absolute Gasteiger partial charge is 0.447 e. The average molecular weight is 460 g/mol. The van der Waals surface area contributed by atoms with Crippen molar-refractivity contribution < 1.29 is 14.3 Å². The minimum atomic E-state index is -0.855. The highest BCUT2D eigenvalue weighted by molar-refractivity contribution is 7.99. The maximum atomic E-state index is 13.0. The molecule has 2 aromatic carbocycles. The Morgan fingerprint density at radius 2 is 1.79 bits per heavy atom. The molecule has 166 valence electrons. The van der Waals surface area contributed by atoms with Crippen molar-refractivity contribution in [2.75, 3.05) is 10.7 Å². The van der Waals surface area contributed by atoms with E-state index in [1.807, 2.05) is 55.5 Å². The number of nitrogens with zero attached hydrogens (tertiary/aromatic N) is 5. The Balaban J connectivity index is 1.79. The van der Waals surface area contributed by atoms with E-state index in [1.165, 1.54) is 25.6 Å². The van der Waals surface area contributed by atoms with E-state index in [9.17, 15) is 9.59 Å². The van der Waals surface area contributed by atoms with Crippen LogP contribution in [0.3, 0.4) is 0 Å². The van der Waals surface area contributed by atoms with Crippen LogP contribution in [0.15, 0.2) is 59.9 Å². The molecule has 0 aliphatic carbocycles. The number of amides is 1. The van der Waals surface area contributed by atoms with E-state index in [-0.39, 0.29) is 11.8 Å². The van der Waals surface area contributed by atoms with Gasteiger partial charge in [0, 0.05) is 36.6 Å². The number of ether oxygens (including phenoxy) is 1. The van der Waals surface area contributed by atoms with Gasteiger partial charge in [0.1, 0.15) is 0 Å². The van der Waals surface area contributed by atoms with Crippen molar-refractivity contribution >= 4 is 40.2 Å². The second-order valence-corrected chi connectivity index (χ2v) is 8.78. The molecule has 1 aliphatic heterocycles. The van der Waals surface area contributed by atoms with Gasteiger partial charge < -0.3 is 4.74 Å². The predicted molar refractivity (Wildman–Crippen MR) is 126 cm³/mol. The Hall–Kier alpha value is -3.72. The van der Waals surface area contributed by atoms with Gasteiger partial charge in [-0.05, 0) is 17.9 Å². The van der Waals surface area contributed by atoms with Crippen LogP contribution in [0.5, 0.6) is 5.88 Å². The van der Waals surface area contributed by atoms with Gasteiger partial charge in [0.25, 0.3) is 0 Å². The highest BCUT2D eigenvalue weighted by Crippen LogP contribution is 2.44. The van der Waals surface area contributed by atoms with Gasteiger partial charge >= 0.3 is 0 Å². The van der Waals surface area contributed by atoms with Crippen molar-refractivity contribution in [1.29, 1.82) is 0 Å². The van der Waals surface area contributed by atoms with E-state index >= 15 is 0 Å². The Bertz CT molecular complexity index is 1400. The van der Waals surface area contributed by atoms with Crippen molar-refractivity contribution in [3.8, 4) is 17.1 Å². The molecule has 0 saturated carbocycles. The van der Waals surface area contributed by atoms with Crippen molar-refractivity contribution in [1.82, 2.24) is 19.7 Å². The molecule has 9 heteroatoms. The van der Waals surface area contributed by atoms with Crippen LogP contribution in [-0.4, -0.2) is 37.3 Å². The van der Waals surface area contributed by atoms with E-state index in [1.54, 1.807) is 15.7 Å². The summed E-state index contributed by atoms with van der Waals surface area (Å²) in [7, 11) is 0. The summed E-state index contributed by atoms with van der Waals surface area (Å²) in [5.74, 6) is 0.733. The zero-order chi connectivity index (χ0) is 23.1. The van der Waals surface area contributed by atoms with Crippen molar-refractivity contribution in [3.63, 3.8) is 0 Å². The quantitative estimate of drug-likeness (QED) is 0.410. The molecule has 1 atom stereocenters. The first-order valence-electron chi connectivity index (χ1n) is 10.5. The topological polar surface area (TPSA) is 90.2 Å². The van der Waals surface area contributed by atoms with Gasteiger partial charge in [-0.2, -0.15) is 4.98 Å². The van der Waals surface area contributed by atoms with E-state index in [4.69, 9.17) is 4.74 Å². The summed E-state index contributed by atoms with van der Waals surface area (Å²) < 4.78 is 8.01. The molecular weight excluding hydrogens is 438 g/mol. The monoisotopic (exact) mass is 459 g/mol. The summed E-state index contributed by atoms with van der Waals surface area (Å²) in [6.07, 6.45) is 0.879. The number of fused-ring (bicyclic) bond motifs is 4. The number of hydrogen-bond donors (Lipinski definition) is 0. The highest BCUT2D eigenvalue weighted by atomic mass is 32.2. The molecule has 1 amide bonds. The molecule has 1 aliphatic rings. The molecule has 0 fully saturated rings. The smallest absolute Gasteiger partial charge is 0.247 e. The van der Waals surface area contributed by atoms with Gasteiger partial charge in [-0.25, -0.2) is 0 Å². The fourth-order valence-electron chi connectivity index (χ4n) is 4.11. The lowest BCUT2D eigenvalue weighted by Crippen LogP contribution is -2.36. The number of hydrogen-bond acceptors (Lipinski definition) is 7.